The summed E-state index contributed by atoms with van der Waals surface area (Å²) in [5.74, 6) is 0.230. The third-order valence-electron chi connectivity index (χ3n) is 8.97. The van der Waals surface area contributed by atoms with E-state index in [1.807, 2.05) is 30.3 Å². The quantitative estimate of drug-likeness (QED) is 0.382. The minimum atomic E-state index is -0.389. The molecule has 2 unspecified atom stereocenters. The summed E-state index contributed by atoms with van der Waals surface area (Å²) in [5, 5.41) is 5.42. The van der Waals surface area contributed by atoms with Crippen molar-refractivity contribution in [1.82, 2.24) is 15.1 Å². The molecule has 1 saturated carbocycles. The molecular formula is C33H39N3O2S. The van der Waals surface area contributed by atoms with Crippen LogP contribution in [-0.2, 0) is 11.3 Å². The van der Waals surface area contributed by atoms with Crippen molar-refractivity contribution in [2.75, 3.05) is 19.6 Å². The Kier molecular flexibility index (Phi) is 7.85. The van der Waals surface area contributed by atoms with E-state index in [4.69, 9.17) is 0 Å². The number of likely N-dealkylation sites (tertiary alicyclic amines) is 1. The number of benzene rings is 2. The maximum atomic E-state index is 14.1. The molecule has 3 heterocycles. The van der Waals surface area contributed by atoms with Gasteiger partial charge in [-0.15, -0.1) is 11.3 Å². The zero-order valence-corrected chi connectivity index (χ0v) is 23.7. The minimum absolute atomic E-state index is 0.0542. The number of rotatable bonds is 7. The molecular weight excluding hydrogens is 502 g/mol. The summed E-state index contributed by atoms with van der Waals surface area (Å²) in [6.07, 6.45) is 6.51. The summed E-state index contributed by atoms with van der Waals surface area (Å²) in [6, 6.07) is 20.7. The summed E-state index contributed by atoms with van der Waals surface area (Å²) in [5.41, 5.74) is 4.25. The summed E-state index contributed by atoms with van der Waals surface area (Å²) in [4.78, 5) is 33.6. The summed E-state index contributed by atoms with van der Waals surface area (Å²) >= 11 is 1.66. The fourth-order valence-electron chi connectivity index (χ4n) is 6.95. The second-order valence-electron chi connectivity index (χ2n) is 11.6. The summed E-state index contributed by atoms with van der Waals surface area (Å²) in [6.45, 7) is 5.96. The van der Waals surface area contributed by atoms with Gasteiger partial charge in [-0.05, 0) is 80.3 Å². The largest absolute Gasteiger partial charge is 0.355 e. The molecule has 6 heteroatoms. The van der Waals surface area contributed by atoms with E-state index >= 15 is 0 Å². The first-order chi connectivity index (χ1) is 19.1. The van der Waals surface area contributed by atoms with Gasteiger partial charge in [-0.2, -0.15) is 0 Å². The van der Waals surface area contributed by atoms with Crippen LogP contribution in [0.4, 0.5) is 0 Å². The average Bonchev–Trinajstić information content (AvgIpc) is 3.68. The molecule has 2 atom stereocenters. The number of nitrogens with one attached hydrogen (secondary N) is 1. The molecule has 0 spiro atoms. The number of nitrogens with zero attached hydrogens (tertiary/aromatic N) is 2. The van der Waals surface area contributed by atoms with E-state index in [-0.39, 0.29) is 29.8 Å². The Morgan fingerprint density at radius 1 is 0.974 bits per heavy atom. The van der Waals surface area contributed by atoms with E-state index in [0.717, 1.165) is 68.6 Å². The molecule has 5 nitrogen and oxygen atoms in total. The first kappa shape index (κ1) is 26.3. The van der Waals surface area contributed by atoms with Crippen molar-refractivity contribution in [3.05, 3.63) is 93.2 Å². The highest BCUT2D eigenvalue weighted by atomic mass is 32.1. The van der Waals surface area contributed by atoms with Gasteiger partial charge in [0.25, 0.3) is 5.91 Å². The van der Waals surface area contributed by atoms with Gasteiger partial charge in [0.15, 0.2) is 0 Å². The highest BCUT2D eigenvalue weighted by Gasteiger charge is 2.47. The Labute approximate surface area is 236 Å². The van der Waals surface area contributed by atoms with Crippen LogP contribution in [0.1, 0.15) is 82.4 Å². The molecule has 6 rings (SSSR count). The third-order valence-corrected chi connectivity index (χ3v) is 9.92. The lowest BCUT2D eigenvalue weighted by atomic mass is 9.80. The van der Waals surface area contributed by atoms with Crippen LogP contribution in [0, 0.1) is 12.8 Å². The van der Waals surface area contributed by atoms with Crippen LogP contribution in [0.3, 0.4) is 0 Å². The van der Waals surface area contributed by atoms with E-state index in [1.54, 1.807) is 11.3 Å². The molecule has 3 aliphatic rings. The lowest BCUT2D eigenvalue weighted by Gasteiger charge is -2.44. The van der Waals surface area contributed by atoms with Crippen LogP contribution < -0.4 is 5.32 Å². The predicted molar refractivity (Wildman–Crippen MR) is 157 cm³/mol. The summed E-state index contributed by atoms with van der Waals surface area (Å²) in [7, 11) is 0. The average molecular weight is 542 g/mol. The van der Waals surface area contributed by atoms with Gasteiger partial charge in [-0.1, -0.05) is 66.9 Å². The van der Waals surface area contributed by atoms with Gasteiger partial charge in [-0.3, -0.25) is 14.5 Å². The van der Waals surface area contributed by atoms with E-state index in [2.05, 4.69) is 57.8 Å². The number of aryl methyl sites for hydroxylation is 1. The fraction of sp³-hybridized carbons (Fsp3) is 0.455. The molecule has 2 aromatic carbocycles. The highest BCUT2D eigenvalue weighted by Crippen LogP contribution is 2.47. The van der Waals surface area contributed by atoms with Gasteiger partial charge in [0.1, 0.15) is 0 Å². The molecule has 1 aliphatic carbocycles. The second-order valence-corrected chi connectivity index (χ2v) is 12.6. The first-order valence-electron chi connectivity index (χ1n) is 14.6. The molecule has 39 heavy (non-hydrogen) atoms. The highest BCUT2D eigenvalue weighted by molar-refractivity contribution is 7.10. The van der Waals surface area contributed by atoms with E-state index in [1.165, 1.54) is 11.1 Å². The van der Waals surface area contributed by atoms with Crippen molar-refractivity contribution in [3.63, 3.8) is 0 Å². The van der Waals surface area contributed by atoms with Crippen molar-refractivity contribution in [2.24, 2.45) is 5.92 Å². The molecule has 0 radical (unpaired) electrons. The van der Waals surface area contributed by atoms with Crippen LogP contribution in [0.5, 0.6) is 0 Å². The SMILES string of the molecule is Cc1cccc(CN2CCC(CNC(=O)C3c4ccccc4C(=O)N(C4CCCC4)C3c3cccs3)CC2)c1. The number of hydrogen-bond donors (Lipinski definition) is 1. The number of carbonyl (C=O) groups is 2. The van der Waals surface area contributed by atoms with Crippen molar-refractivity contribution >= 4 is 23.2 Å². The number of thiophene rings is 1. The number of fused-ring (bicyclic) bond motifs is 1. The summed E-state index contributed by atoms with van der Waals surface area (Å²) < 4.78 is 0. The van der Waals surface area contributed by atoms with E-state index in [9.17, 15) is 9.59 Å². The minimum Gasteiger partial charge on any atom is -0.355 e. The van der Waals surface area contributed by atoms with Gasteiger partial charge < -0.3 is 10.2 Å². The van der Waals surface area contributed by atoms with E-state index in [0.29, 0.717) is 18.0 Å². The van der Waals surface area contributed by atoms with Gasteiger partial charge in [0.2, 0.25) is 5.91 Å². The first-order valence-corrected chi connectivity index (χ1v) is 15.5. The molecule has 3 aromatic rings. The second kappa shape index (κ2) is 11.6. The number of hydrogen-bond acceptors (Lipinski definition) is 4. The van der Waals surface area contributed by atoms with E-state index < -0.39 is 0 Å². The Bertz CT molecular complexity index is 1290. The van der Waals surface area contributed by atoms with Crippen LogP contribution in [0.15, 0.2) is 66.0 Å². The number of piperidine rings is 1. The third kappa shape index (κ3) is 5.55. The van der Waals surface area contributed by atoms with Crippen molar-refractivity contribution in [3.8, 4) is 0 Å². The lowest BCUT2D eigenvalue weighted by Crippen LogP contribution is -2.51. The zero-order valence-electron chi connectivity index (χ0n) is 22.9. The monoisotopic (exact) mass is 541 g/mol. The van der Waals surface area contributed by atoms with Crippen molar-refractivity contribution < 1.29 is 9.59 Å². The van der Waals surface area contributed by atoms with Gasteiger partial charge >= 0.3 is 0 Å². The maximum Gasteiger partial charge on any atom is 0.254 e. The Morgan fingerprint density at radius 3 is 2.51 bits per heavy atom. The Balaban J connectivity index is 1.17. The Morgan fingerprint density at radius 2 is 1.77 bits per heavy atom. The van der Waals surface area contributed by atoms with Crippen LogP contribution in [0.2, 0.25) is 0 Å². The number of amides is 2. The Hall–Kier alpha value is -2.96. The zero-order chi connectivity index (χ0) is 26.8. The molecule has 1 saturated heterocycles. The molecule has 1 aromatic heterocycles. The topological polar surface area (TPSA) is 52.7 Å². The molecule has 2 amide bonds. The van der Waals surface area contributed by atoms with Crippen LogP contribution in [0.25, 0.3) is 0 Å². The maximum absolute atomic E-state index is 14.1. The standard InChI is InChI=1S/C33H39N3O2S/c1-23-8-6-9-25(20-23)22-35-17-15-24(16-18-35)21-34-32(37)30-27-12-4-5-13-28(27)33(38)36(26-10-2-3-11-26)31(30)29-14-7-19-39-29/h4-9,12-14,19-20,24,26,30-31H,2-3,10-11,15-18,21-22H2,1H3,(H,34,37). The molecule has 2 aliphatic heterocycles. The number of carbonyl (C=O) groups excluding carboxylic acids is 2. The molecule has 204 valence electrons. The fourth-order valence-corrected chi connectivity index (χ4v) is 7.81. The molecule has 0 bridgehead atoms. The van der Waals surface area contributed by atoms with Gasteiger partial charge in [0, 0.05) is 29.6 Å². The lowest BCUT2D eigenvalue weighted by molar-refractivity contribution is -0.124. The normalized spacial score (nSPS) is 22.7. The smallest absolute Gasteiger partial charge is 0.254 e. The van der Waals surface area contributed by atoms with Crippen molar-refractivity contribution in [1.29, 1.82) is 0 Å². The van der Waals surface area contributed by atoms with Gasteiger partial charge in [-0.25, -0.2) is 0 Å². The van der Waals surface area contributed by atoms with Crippen LogP contribution >= 0.6 is 11.3 Å². The van der Waals surface area contributed by atoms with Gasteiger partial charge in [0.05, 0.1) is 12.0 Å². The molecule has 2 fully saturated rings. The predicted octanol–water partition coefficient (Wildman–Crippen LogP) is 6.31. The van der Waals surface area contributed by atoms with Crippen LogP contribution in [-0.4, -0.2) is 47.3 Å². The van der Waals surface area contributed by atoms with Crippen molar-refractivity contribution in [2.45, 2.75) is 70.0 Å². The molecule has 1 N–H and O–H groups in total.